The number of thiazole rings is 1. The lowest BCUT2D eigenvalue weighted by molar-refractivity contribution is -0.121. The van der Waals surface area contributed by atoms with Crippen LogP contribution in [0.1, 0.15) is 53.2 Å². The summed E-state index contributed by atoms with van der Waals surface area (Å²) in [4.78, 5) is 26.8. The SMILES string of the molecule is O=C(CCc1cccc(OC2CCCC2)c1)NCc1nc(C(=O)O)cs1. The van der Waals surface area contributed by atoms with Gasteiger partial charge in [-0.05, 0) is 49.8 Å². The van der Waals surface area contributed by atoms with E-state index in [0.717, 1.165) is 24.2 Å². The van der Waals surface area contributed by atoms with Gasteiger partial charge in [-0.3, -0.25) is 4.79 Å². The van der Waals surface area contributed by atoms with Crippen molar-refractivity contribution in [2.45, 2.75) is 51.2 Å². The number of ether oxygens (including phenoxy) is 1. The number of carboxylic acid groups (broad SMARTS) is 1. The van der Waals surface area contributed by atoms with Gasteiger partial charge in [0.25, 0.3) is 0 Å². The van der Waals surface area contributed by atoms with Crippen LogP contribution in [-0.2, 0) is 17.8 Å². The zero-order chi connectivity index (χ0) is 18.4. The molecule has 1 aromatic heterocycles. The number of carboxylic acids is 1. The summed E-state index contributed by atoms with van der Waals surface area (Å²) in [6.45, 7) is 0.252. The highest BCUT2D eigenvalue weighted by Gasteiger charge is 2.16. The highest BCUT2D eigenvalue weighted by Crippen LogP contribution is 2.24. The lowest BCUT2D eigenvalue weighted by Crippen LogP contribution is -2.23. The molecular weight excluding hydrogens is 352 g/mol. The van der Waals surface area contributed by atoms with Gasteiger partial charge in [0.2, 0.25) is 5.91 Å². The van der Waals surface area contributed by atoms with E-state index in [1.54, 1.807) is 0 Å². The van der Waals surface area contributed by atoms with Gasteiger partial charge in [-0.15, -0.1) is 11.3 Å². The number of carbonyl (C=O) groups is 2. The number of nitrogens with one attached hydrogen (secondary N) is 1. The lowest BCUT2D eigenvalue weighted by Gasteiger charge is -2.13. The van der Waals surface area contributed by atoms with Gasteiger partial charge in [-0.2, -0.15) is 0 Å². The Kier molecular flexibility index (Phi) is 6.22. The van der Waals surface area contributed by atoms with Crippen molar-refractivity contribution >= 4 is 23.2 Å². The number of nitrogens with zero attached hydrogens (tertiary/aromatic N) is 1. The number of benzene rings is 1. The second-order valence-electron chi connectivity index (χ2n) is 6.38. The van der Waals surface area contributed by atoms with Crippen LogP contribution in [-0.4, -0.2) is 28.1 Å². The fraction of sp³-hybridized carbons (Fsp3) is 0.421. The first-order valence-electron chi connectivity index (χ1n) is 8.80. The molecule has 1 heterocycles. The van der Waals surface area contributed by atoms with E-state index in [4.69, 9.17) is 9.84 Å². The van der Waals surface area contributed by atoms with E-state index in [0.29, 0.717) is 24.0 Å². The molecule has 1 aromatic carbocycles. The molecule has 1 aliphatic carbocycles. The van der Waals surface area contributed by atoms with Crippen molar-refractivity contribution in [3.05, 3.63) is 45.9 Å². The van der Waals surface area contributed by atoms with E-state index in [1.165, 1.54) is 29.6 Å². The highest BCUT2D eigenvalue weighted by molar-refractivity contribution is 7.09. The van der Waals surface area contributed by atoms with Gasteiger partial charge in [0.15, 0.2) is 5.69 Å². The minimum absolute atomic E-state index is 0.0123. The molecule has 26 heavy (non-hydrogen) atoms. The largest absolute Gasteiger partial charge is 0.490 e. The fourth-order valence-corrected chi connectivity index (χ4v) is 3.69. The summed E-state index contributed by atoms with van der Waals surface area (Å²) >= 11 is 1.23. The van der Waals surface area contributed by atoms with Gasteiger partial charge in [0.05, 0.1) is 12.6 Å². The van der Waals surface area contributed by atoms with Crippen molar-refractivity contribution < 1.29 is 19.4 Å². The summed E-state index contributed by atoms with van der Waals surface area (Å²) < 4.78 is 5.99. The Morgan fingerprint density at radius 1 is 1.31 bits per heavy atom. The van der Waals surface area contributed by atoms with Gasteiger partial charge >= 0.3 is 5.97 Å². The zero-order valence-electron chi connectivity index (χ0n) is 14.4. The molecule has 7 heteroatoms. The Morgan fingerprint density at radius 2 is 2.12 bits per heavy atom. The van der Waals surface area contributed by atoms with Gasteiger partial charge in [0, 0.05) is 11.8 Å². The smallest absolute Gasteiger partial charge is 0.355 e. The number of aromatic nitrogens is 1. The normalized spacial score (nSPS) is 14.3. The number of amides is 1. The van der Waals surface area contributed by atoms with E-state index < -0.39 is 5.97 Å². The number of hydrogen-bond acceptors (Lipinski definition) is 5. The van der Waals surface area contributed by atoms with Crippen LogP contribution in [0.3, 0.4) is 0 Å². The van der Waals surface area contributed by atoms with Crippen LogP contribution >= 0.6 is 11.3 Å². The van der Waals surface area contributed by atoms with Crippen molar-refractivity contribution in [2.75, 3.05) is 0 Å². The minimum atomic E-state index is -1.06. The summed E-state index contributed by atoms with van der Waals surface area (Å²) in [6, 6.07) is 7.92. The molecule has 0 aliphatic heterocycles. The molecule has 1 fully saturated rings. The second-order valence-corrected chi connectivity index (χ2v) is 7.32. The molecule has 0 radical (unpaired) electrons. The molecule has 0 saturated heterocycles. The maximum Gasteiger partial charge on any atom is 0.355 e. The predicted octanol–water partition coefficient (Wildman–Crippen LogP) is 3.41. The molecule has 6 nitrogen and oxygen atoms in total. The first-order chi connectivity index (χ1) is 12.6. The Balaban J connectivity index is 1.44. The number of carbonyl (C=O) groups excluding carboxylic acids is 1. The van der Waals surface area contributed by atoms with Crippen LogP contribution < -0.4 is 10.1 Å². The van der Waals surface area contributed by atoms with Crippen LogP contribution in [0.4, 0.5) is 0 Å². The average Bonchev–Trinajstić information content (AvgIpc) is 3.30. The first-order valence-corrected chi connectivity index (χ1v) is 9.68. The van der Waals surface area contributed by atoms with Crippen molar-refractivity contribution in [1.29, 1.82) is 0 Å². The summed E-state index contributed by atoms with van der Waals surface area (Å²) in [7, 11) is 0. The topological polar surface area (TPSA) is 88.5 Å². The van der Waals surface area contributed by atoms with Crippen molar-refractivity contribution in [3.63, 3.8) is 0 Å². The highest BCUT2D eigenvalue weighted by atomic mass is 32.1. The third-order valence-corrected chi connectivity index (χ3v) is 5.20. The summed E-state index contributed by atoms with van der Waals surface area (Å²) in [5.41, 5.74) is 1.08. The zero-order valence-corrected chi connectivity index (χ0v) is 15.3. The van der Waals surface area contributed by atoms with Gasteiger partial charge in [-0.25, -0.2) is 9.78 Å². The molecule has 1 amide bonds. The van der Waals surface area contributed by atoms with Gasteiger partial charge in [0.1, 0.15) is 10.8 Å². The summed E-state index contributed by atoms with van der Waals surface area (Å²) in [5, 5.41) is 13.7. The Hall–Kier alpha value is -2.41. The molecule has 1 aliphatic rings. The fourth-order valence-electron chi connectivity index (χ4n) is 2.98. The quantitative estimate of drug-likeness (QED) is 0.739. The molecular formula is C19H22N2O4S. The molecule has 3 rings (SSSR count). The van der Waals surface area contributed by atoms with Crippen molar-refractivity contribution in [1.82, 2.24) is 10.3 Å². The maximum absolute atomic E-state index is 12.0. The third kappa shape index (κ3) is 5.29. The minimum Gasteiger partial charge on any atom is -0.490 e. The maximum atomic E-state index is 12.0. The van der Waals surface area contributed by atoms with Crippen LogP contribution in [0.25, 0.3) is 0 Å². The van der Waals surface area contributed by atoms with Crippen molar-refractivity contribution in [3.8, 4) is 5.75 Å². The Labute approximate surface area is 156 Å². The lowest BCUT2D eigenvalue weighted by atomic mass is 10.1. The molecule has 2 N–H and O–H groups in total. The molecule has 0 unspecified atom stereocenters. The van der Waals surface area contributed by atoms with Gasteiger partial charge in [-0.1, -0.05) is 12.1 Å². The standard InChI is InChI=1S/C19H22N2O4S/c22-17(20-11-18-21-16(12-26-18)19(23)24)9-8-13-4-3-7-15(10-13)25-14-5-1-2-6-14/h3-4,7,10,12,14H,1-2,5-6,8-9,11H2,(H,20,22)(H,23,24). The molecule has 138 valence electrons. The second kappa shape index (κ2) is 8.80. The predicted molar refractivity (Wildman–Crippen MR) is 98.6 cm³/mol. The van der Waals surface area contributed by atoms with E-state index in [2.05, 4.69) is 10.3 Å². The summed E-state index contributed by atoms with van der Waals surface area (Å²) in [6.07, 6.45) is 6.02. The number of aromatic carboxylic acids is 1. The van der Waals surface area contributed by atoms with Crippen LogP contribution in [0.2, 0.25) is 0 Å². The van der Waals surface area contributed by atoms with E-state index in [-0.39, 0.29) is 18.1 Å². The van der Waals surface area contributed by atoms with Crippen LogP contribution in [0.15, 0.2) is 29.6 Å². The van der Waals surface area contributed by atoms with Crippen molar-refractivity contribution in [2.24, 2.45) is 0 Å². The first kappa shape index (κ1) is 18.4. The molecule has 2 aromatic rings. The molecule has 0 bridgehead atoms. The number of aryl methyl sites for hydroxylation is 1. The van der Waals surface area contributed by atoms with Crippen LogP contribution in [0, 0.1) is 0 Å². The molecule has 1 saturated carbocycles. The van der Waals surface area contributed by atoms with E-state index >= 15 is 0 Å². The number of rotatable bonds is 8. The number of hydrogen-bond donors (Lipinski definition) is 2. The van der Waals surface area contributed by atoms with E-state index in [9.17, 15) is 9.59 Å². The van der Waals surface area contributed by atoms with E-state index in [1.807, 2.05) is 24.3 Å². The van der Waals surface area contributed by atoms with Gasteiger partial charge < -0.3 is 15.2 Å². The third-order valence-electron chi connectivity index (χ3n) is 4.35. The molecule has 0 atom stereocenters. The van der Waals surface area contributed by atoms with Crippen LogP contribution in [0.5, 0.6) is 5.75 Å². The Morgan fingerprint density at radius 3 is 2.85 bits per heavy atom. The average molecular weight is 374 g/mol. The summed E-state index contributed by atoms with van der Waals surface area (Å²) in [5.74, 6) is -0.267. The molecule has 0 spiro atoms. The Bertz CT molecular complexity index is 768. The monoisotopic (exact) mass is 374 g/mol.